The molecule has 0 bridgehead atoms. The topological polar surface area (TPSA) is 50.1 Å². The SMILES string of the molecule is OCCc1ccc(-n2cncc2C2CCNC2)cc1. The number of nitrogens with one attached hydrogen (secondary N) is 1. The van der Waals surface area contributed by atoms with Gasteiger partial charge in [0.05, 0.1) is 6.33 Å². The second kappa shape index (κ2) is 5.55. The van der Waals surface area contributed by atoms with E-state index in [0.717, 1.165) is 24.3 Å². The van der Waals surface area contributed by atoms with Gasteiger partial charge < -0.3 is 15.0 Å². The van der Waals surface area contributed by atoms with E-state index in [4.69, 9.17) is 5.11 Å². The first-order valence-corrected chi connectivity index (χ1v) is 6.81. The minimum Gasteiger partial charge on any atom is -0.396 e. The molecule has 1 fully saturated rings. The van der Waals surface area contributed by atoms with E-state index in [1.165, 1.54) is 12.1 Å². The number of hydrogen-bond donors (Lipinski definition) is 2. The smallest absolute Gasteiger partial charge is 0.0994 e. The molecule has 1 unspecified atom stereocenters. The van der Waals surface area contributed by atoms with Gasteiger partial charge in [0.1, 0.15) is 0 Å². The van der Waals surface area contributed by atoms with Crippen LogP contribution in [0.4, 0.5) is 0 Å². The van der Waals surface area contributed by atoms with E-state index in [1.807, 2.05) is 12.5 Å². The van der Waals surface area contributed by atoms with E-state index in [-0.39, 0.29) is 6.61 Å². The zero-order valence-corrected chi connectivity index (χ0v) is 10.9. The molecule has 2 aromatic rings. The second-order valence-electron chi connectivity index (χ2n) is 5.02. The molecule has 0 spiro atoms. The Labute approximate surface area is 113 Å². The second-order valence-corrected chi connectivity index (χ2v) is 5.02. The van der Waals surface area contributed by atoms with Crippen molar-refractivity contribution in [2.75, 3.05) is 19.7 Å². The molecule has 2 heterocycles. The molecule has 1 atom stereocenters. The minimum absolute atomic E-state index is 0.198. The van der Waals surface area contributed by atoms with Gasteiger partial charge in [-0.25, -0.2) is 4.98 Å². The number of benzene rings is 1. The summed E-state index contributed by atoms with van der Waals surface area (Å²) >= 11 is 0. The first-order chi connectivity index (χ1) is 9.38. The quantitative estimate of drug-likeness (QED) is 0.872. The van der Waals surface area contributed by atoms with E-state index in [9.17, 15) is 0 Å². The number of imidazole rings is 1. The van der Waals surface area contributed by atoms with Crippen molar-refractivity contribution in [2.45, 2.75) is 18.8 Å². The van der Waals surface area contributed by atoms with Crippen LogP contribution in [0.5, 0.6) is 0 Å². The highest BCUT2D eigenvalue weighted by Gasteiger charge is 2.20. The molecule has 100 valence electrons. The highest BCUT2D eigenvalue weighted by Crippen LogP contribution is 2.24. The van der Waals surface area contributed by atoms with E-state index >= 15 is 0 Å². The van der Waals surface area contributed by atoms with Crippen LogP contribution in [0, 0.1) is 0 Å². The van der Waals surface area contributed by atoms with Crippen LogP contribution in [0.25, 0.3) is 5.69 Å². The van der Waals surface area contributed by atoms with Gasteiger partial charge in [-0.1, -0.05) is 12.1 Å². The summed E-state index contributed by atoms with van der Waals surface area (Å²) in [4.78, 5) is 4.30. The molecule has 2 N–H and O–H groups in total. The fourth-order valence-electron chi connectivity index (χ4n) is 2.68. The first kappa shape index (κ1) is 12.4. The van der Waals surface area contributed by atoms with Gasteiger partial charge >= 0.3 is 0 Å². The van der Waals surface area contributed by atoms with Crippen LogP contribution in [-0.4, -0.2) is 34.4 Å². The predicted molar refractivity (Wildman–Crippen MR) is 74.6 cm³/mol. The maximum absolute atomic E-state index is 8.94. The van der Waals surface area contributed by atoms with Crippen molar-refractivity contribution >= 4 is 0 Å². The molecule has 4 nitrogen and oxygen atoms in total. The lowest BCUT2D eigenvalue weighted by atomic mass is 10.1. The Bertz CT molecular complexity index is 527. The Morgan fingerprint density at radius 3 is 2.84 bits per heavy atom. The van der Waals surface area contributed by atoms with Crippen molar-refractivity contribution in [3.8, 4) is 5.69 Å². The average Bonchev–Trinajstić information content (AvgIpc) is 3.11. The third-order valence-electron chi connectivity index (χ3n) is 3.76. The molecular weight excluding hydrogens is 238 g/mol. The number of hydrogen-bond acceptors (Lipinski definition) is 3. The molecule has 4 heteroatoms. The van der Waals surface area contributed by atoms with Gasteiger partial charge in [-0.05, 0) is 37.1 Å². The summed E-state index contributed by atoms with van der Waals surface area (Å²) in [7, 11) is 0. The number of nitrogens with zero attached hydrogens (tertiary/aromatic N) is 2. The molecule has 0 saturated carbocycles. The number of aliphatic hydroxyl groups excluding tert-OH is 1. The first-order valence-electron chi connectivity index (χ1n) is 6.81. The molecule has 1 aliphatic heterocycles. The largest absolute Gasteiger partial charge is 0.396 e. The maximum Gasteiger partial charge on any atom is 0.0994 e. The summed E-state index contributed by atoms with van der Waals surface area (Å²) in [5, 5.41) is 12.3. The summed E-state index contributed by atoms with van der Waals surface area (Å²) in [6.45, 7) is 2.32. The van der Waals surface area contributed by atoms with Crippen LogP contribution in [0.3, 0.4) is 0 Å². The predicted octanol–water partition coefficient (Wildman–Crippen LogP) is 1.48. The lowest BCUT2D eigenvalue weighted by Crippen LogP contribution is -2.10. The molecule has 19 heavy (non-hydrogen) atoms. The van der Waals surface area contributed by atoms with Gasteiger partial charge in [-0.3, -0.25) is 0 Å². The minimum atomic E-state index is 0.198. The van der Waals surface area contributed by atoms with E-state index in [2.05, 4.69) is 39.1 Å². The lowest BCUT2D eigenvalue weighted by molar-refractivity contribution is 0.299. The van der Waals surface area contributed by atoms with Crippen LogP contribution in [0.15, 0.2) is 36.8 Å². The van der Waals surface area contributed by atoms with Crippen molar-refractivity contribution < 1.29 is 5.11 Å². The summed E-state index contributed by atoms with van der Waals surface area (Å²) in [6, 6.07) is 8.33. The Morgan fingerprint density at radius 1 is 1.32 bits per heavy atom. The zero-order chi connectivity index (χ0) is 13.1. The van der Waals surface area contributed by atoms with E-state index in [1.54, 1.807) is 0 Å². The lowest BCUT2D eigenvalue weighted by Gasteiger charge is -2.13. The van der Waals surface area contributed by atoms with Gasteiger partial charge in [0.25, 0.3) is 0 Å². The number of rotatable bonds is 4. The maximum atomic E-state index is 8.94. The summed E-state index contributed by atoms with van der Waals surface area (Å²) in [6.07, 6.45) is 5.74. The summed E-state index contributed by atoms with van der Waals surface area (Å²) < 4.78 is 2.17. The highest BCUT2D eigenvalue weighted by atomic mass is 16.2. The molecular formula is C15H19N3O. The van der Waals surface area contributed by atoms with Crippen molar-refractivity contribution in [1.29, 1.82) is 0 Å². The zero-order valence-electron chi connectivity index (χ0n) is 10.9. The van der Waals surface area contributed by atoms with Crippen molar-refractivity contribution in [3.05, 3.63) is 48.0 Å². The average molecular weight is 257 g/mol. The van der Waals surface area contributed by atoms with Crippen LogP contribution in [0.2, 0.25) is 0 Å². The Kier molecular flexibility index (Phi) is 3.62. The Balaban J connectivity index is 1.87. The van der Waals surface area contributed by atoms with E-state index < -0.39 is 0 Å². The molecule has 1 aromatic carbocycles. The third kappa shape index (κ3) is 2.55. The van der Waals surface area contributed by atoms with Crippen molar-refractivity contribution in [3.63, 3.8) is 0 Å². The molecule has 3 rings (SSSR count). The molecule has 1 aromatic heterocycles. The fraction of sp³-hybridized carbons (Fsp3) is 0.400. The van der Waals surface area contributed by atoms with Gasteiger partial charge in [-0.2, -0.15) is 0 Å². The fourth-order valence-corrected chi connectivity index (χ4v) is 2.68. The highest BCUT2D eigenvalue weighted by molar-refractivity contribution is 5.37. The molecule has 1 saturated heterocycles. The number of aliphatic hydroxyl groups is 1. The standard InChI is InChI=1S/C15H19N3O/c19-8-6-12-1-3-14(4-2-12)18-11-17-10-15(18)13-5-7-16-9-13/h1-4,10-11,13,16,19H,5-9H2. The van der Waals surface area contributed by atoms with Gasteiger partial charge in [-0.15, -0.1) is 0 Å². The summed E-state index contributed by atoms with van der Waals surface area (Å²) in [5.74, 6) is 0.555. The monoisotopic (exact) mass is 257 g/mol. The van der Waals surface area contributed by atoms with Crippen molar-refractivity contribution in [2.24, 2.45) is 0 Å². The molecule has 0 amide bonds. The number of aromatic nitrogens is 2. The van der Waals surface area contributed by atoms with Crippen LogP contribution < -0.4 is 5.32 Å². The third-order valence-corrected chi connectivity index (χ3v) is 3.76. The van der Waals surface area contributed by atoms with Gasteiger partial charge in [0, 0.05) is 36.6 Å². The Morgan fingerprint density at radius 2 is 2.16 bits per heavy atom. The van der Waals surface area contributed by atoms with Gasteiger partial charge in [0.15, 0.2) is 0 Å². The van der Waals surface area contributed by atoms with Gasteiger partial charge in [0.2, 0.25) is 0 Å². The normalized spacial score (nSPS) is 18.9. The Hall–Kier alpha value is -1.65. The summed E-state index contributed by atoms with van der Waals surface area (Å²) in [5.41, 5.74) is 3.58. The van der Waals surface area contributed by atoms with Crippen LogP contribution in [-0.2, 0) is 6.42 Å². The molecule has 1 aliphatic rings. The van der Waals surface area contributed by atoms with Crippen molar-refractivity contribution in [1.82, 2.24) is 14.9 Å². The molecule has 0 radical (unpaired) electrons. The van der Waals surface area contributed by atoms with Crippen LogP contribution >= 0.6 is 0 Å². The molecule has 0 aliphatic carbocycles. The van der Waals surface area contributed by atoms with Crippen LogP contribution in [0.1, 0.15) is 23.6 Å². The van der Waals surface area contributed by atoms with E-state index in [0.29, 0.717) is 12.3 Å².